The van der Waals surface area contributed by atoms with Crippen molar-refractivity contribution < 1.29 is 36.6 Å². The molecule has 0 aromatic heterocycles. The molecule has 0 fully saturated rings. The first-order chi connectivity index (χ1) is 11.9. The fourth-order valence-corrected chi connectivity index (χ4v) is 2.55. The SMILES string of the molecule is [2H]Oc1ccc(C(c2ccc(O)c(N)c2)(C(F)(F)F)C(F)(F)F)cc1N. The lowest BCUT2D eigenvalue weighted by atomic mass is 9.72. The molecule has 0 saturated carbocycles. The normalized spacial score (nSPS) is 13.4. The summed E-state index contributed by atoms with van der Waals surface area (Å²) in [4.78, 5) is 0. The lowest BCUT2D eigenvalue weighted by Gasteiger charge is -2.38. The number of phenolic OH excluding ortho intramolecular Hbond substituents is 2. The number of hydrogen-bond acceptors (Lipinski definition) is 4. The van der Waals surface area contributed by atoms with E-state index < -0.39 is 51.8 Å². The van der Waals surface area contributed by atoms with Gasteiger partial charge >= 0.3 is 12.4 Å². The van der Waals surface area contributed by atoms with Gasteiger partial charge in [0.2, 0.25) is 5.41 Å². The predicted molar refractivity (Wildman–Crippen MR) is 77.9 cm³/mol. The Labute approximate surface area is 138 Å². The Hall–Kier alpha value is -2.78. The minimum Gasteiger partial charge on any atom is -0.506 e. The molecule has 0 saturated heterocycles. The second kappa shape index (κ2) is 5.64. The third-order valence-electron chi connectivity index (χ3n) is 3.75. The summed E-state index contributed by atoms with van der Waals surface area (Å²) in [5, 5.41) is 13.4. The molecule has 10 heteroatoms. The Bertz CT molecular complexity index is 809. The second-order valence-electron chi connectivity index (χ2n) is 5.27. The predicted octanol–water partition coefficient (Wildman–Crippen LogP) is 3.67. The number of nitrogens with two attached hydrogens (primary N) is 2. The minimum atomic E-state index is -5.83. The van der Waals surface area contributed by atoms with Crippen LogP contribution in [0.15, 0.2) is 36.4 Å². The Balaban J connectivity index is 2.93. The van der Waals surface area contributed by atoms with Crippen LogP contribution in [0, 0.1) is 0 Å². The number of halogens is 6. The molecule has 6 N–H and O–H groups in total. The van der Waals surface area contributed by atoms with E-state index in [1.807, 2.05) is 0 Å². The van der Waals surface area contributed by atoms with E-state index in [-0.39, 0.29) is 0 Å². The van der Waals surface area contributed by atoms with Gasteiger partial charge in [-0.1, -0.05) is 12.1 Å². The van der Waals surface area contributed by atoms with Gasteiger partial charge in [-0.25, -0.2) is 0 Å². The number of benzene rings is 2. The topological polar surface area (TPSA) is 92.5 Å². The number of aromatic hydroxyl groups is 2. The highest BCUT2D eigenvalue weighted by atomic mass is 19.4. The zero-order chi connectivity index (χ0) is 19.9. The van der Waals surface area contributed by atoms with Crippen molar-refractivity contribution in [2.45, 2.75) is 17.8 Å². The summed E-state index contributed by atoms with van der Waals surface area (Å²) >= 11 is 0. The first-order valence-electron chi connectivity index (χ1n) is 7.02. The fraction of sp³-hybridized carbons (Fsp3) is 0.200. The van der Waals surface area contributed by atoms with E-state index in [9.17, 15) is 31.4 Å². The van der Waals surface area contributed by atoms with Crippen LogP contribution in [0.5, 0.6) is 11.5 Å². The molecule has 0 spiro atoms. The van der Waals surface area contributed by atoms with Crippen LogP contribution in [0.4, 0.5) is 37.7 Å². The van der Waals surface area contributed by atoms with Crippen molar-refractivity contribution in [3.63, 3.8) is 0 Å². The highest BCUT2D eigenvalue weighted by Gasteiger charge is 2.72. The molecule has 0 amide bonds. The van der Waals surface area contributed by atoms with Crippen LogP contribution >= 0.6 is 0 Å². The summed E-state index contributed by atoms with van der Waals surface area (Å²) in [6.45, 7) is 0. The molecule has 25 heavy (non-hydrogen) atoms. The molecular weight excluding hydrogens is 354 g/mol. The van der Waals surface area contributed by atoms with Gasteiger partial charge in [0, 0.05) is 0 Å². The van der Waals surface area contributed by atoms with E-state index >= 15 is 0 Å². The van der Waals surface area contributed by atoms with Crippen LogP contribution in [0.1, 0.15) is 11.1 Å². The molecular formula is C15H12F6N2O2. The summed E-state index contributed by atoms with van der Waals surface area (Å²) in [7, 11) is 0. The maximum Gasteiger partial charge on any atom is 0.411 e. The number of alkyl halides is 6. The summed E-state index contributed by atoms with van der Waals surface area (Å²) < 4.78 is 89.8. The highest BCUT2D eigenvalue weighted by molar-refractivity contribution is 5.61. The zero-order valence-electron chi connectivity index (χ0n) is 13.2. The zero-order valence-corrected chi connectivity index (χ0v) is 12.2. The fourth-order valence-electron chi connectivity index (χ4n) is 2.55. The van der Waals surface area contributed by atoms with Crippen LogP contribution < -0.4 is 11.5 Å². The molecule has 0 atom stereocenters. The van der Waals surface area contributed by atoms with Gasteiger partial charge in [0.25, 0.3) is 1.43 Å². The standard InChI is InChI=1S/C15H12F6N2O2/c16-14(17,18)13(15(19,20)21,7-1-3-11(24)9(22)5-7)8-2-4-12(25)10(23)6-8/h1-6,24-25H,22-23H2/i/hD. The molecule has 2 aromatic carbocycles. The Morgan fingerprint density at radius 3 is 1.48 bits per heavy atom. The van der Waals surface area contributed by atoms with Gasteiger partial charge in [0.15, 0.2) is 0 Å². The maximum absolute atomic E-state index is 13.9. The van der Waals surface area contributed by atoms with E-state index in [1.165, 1.54) is 0 Å². The van der Waals surface area contributed by atoms with Crippen molar-refractivity contribution in [1.29, 1.82) is 1.43 Å². The van der Waals surface area contributed by atoms with E-state index in [1.54, 1.807) is 0 Å². The van der Waals surface area contributed by atoms with Crippen molar-refractivity contribution in [3.8, 4) is 11.5 Å². The molecule has 0 unspecified atom stereocenters. The Kier molecular flexibility index (Phi) is 3.85. The molecule has 0 bridgehead atoms. The van der Waals surface area contributed by atoms with Gasteiger partial charge in [-0.3, -0.25) is 0 Å². The van der Waals surface area contributed by atoms with Crippen molar-refractivity contribution >= 4 is 11.4 Å². The number of hydrogen-bond donors (Lipinski definition) is 4. The van der Waals surface area contributed by atoms with Gasteiger partial charge in [0.1, 0.15) is 11.5 Å². The summed E-state index contributed by atoms with van der Waals surface area (Å²) in [6, 6.07) is 3.21. The molecule has 0 heterocycles. The average molecular weight is 367 g/mol. The molecule has 4 nitrogen and oxygen atoms in total. The summed E-state index contributed by atoms with van der Waals surface area (Å²) in [5.41, 5.74) is 2.53. The van der Waals surface area contributed by atoms with E-state index in [2.05, 4.69) is 5.11 Å². The first-order valence-corrected chi connectivity index (χ1v) is 6.62. The van der Waals surface area contributed by atoms with Crippen molar-refractivity contribution in [1.82, 2.24) is 0 Å². The second-order valence-corrected chi connectivity index (χ2v) is 5.27. The van der Waals surface area contributed by atoms with Gasteiger partial charge in [-0.2, -0.15) is 26.3 Å². The van der Waals surface area contributed by atoms with Crippen LogP contribution in [0.2, 0.25) is 0 Å². The molecule has 2 rings (SSSR count). The van der Waals surface area contributed by atoms with Gasteiger partial charge in [-0.15, -0.1) is 0 Å². The minimum absolute atomic E-state index is 0.404. The number of rotatable bonds is 3. The maximum atomic E-state index is 13.9. The molecule has 0 aliphatic rings. The number of nitrogen functional groups attached to an aromatic ring is 2. The summed E-state index contributed by atoms with van der Waals surface area (Å²) in [6.07, 6.45) is -11.7. The average Bonchev–Trinajstić information content (AvgIpc) is 2.49. The van der Waals surface area contributed by atoms with Gasteiger partial charge in [-0.05, 0) is 35.4 Å². The lowest BCUT2D eigenvalue weighted by Crippen LogP contribution is -2.54. The number of anilines is 2. The quantitative estimate of drug-likeness (QED) is 0.378. The summed E-state index contributed by atoms with van der Waals surface area (Å²) in [5.74, 6) is -1.07. The van der Waals surface area contributed by atoms with Crippen molar-refractivity contribution in [3.05, 3.63) is 47.5 Å². The van der Waals surface area contributed by atoms with Gasteiger partial charge in [0.05, 0.1) is 11.4 Å². The van der Waals surface area contributed by atoms with Crippen LogP contribution in [-0.2, 0) is 5.41 Å². The van der Waals surface area contributed by atoms with Crippen molar-refractivity contribution in [2.75, 3.05) is 11.5 Å². The van der Waals surface area contributed by atoms with E-state index in [0.717, 1.165) is 6.07 Å². The van der Waals surface area contributed by atoms with Crippen LogP contribution in [0.25, 0.3) is 0 Å². The Morgan fingerprint density at radius 2 is 1.16 bits per heavy atom. The van der Waals surface area contributed by atoms with E-state index in [0.29, 0.717) is 30.3 Å². The number of phenols is 2. The van der Waals surface area contributed by atoms with Crippen LogP contribution in [0.3, 0.4) is 0 Å². The third-order valence-corrected chi connectivity index (χ3v) is 3.75. The Morgan fingerprint density at radius 1 is 0.760 bits per heavy atom. The molecule has 0 aliphatic heterocycles. The first kappa shape index (κ1) is 17.1. The van der Waals surface area contributed by atoms with Crippen molar-refractivity contribution in [2.24, 2.45) is 0 Å². The van der Waals surface area contributed by atoms with E-state index in [4.69, 9.17) is 12.9 Å². The van der Waals surface area contributed by atoms with Crippen LogP contribution in [-0.4, -0.2) is 24.0 Å². The highest BCUT2D eigenvalue weighted by Crippen LogP contribution is 2.57. The monoisotopic (exact) mass is 367 g/mol. The third kappa shape index (κ3) is 2.77. The van der Waals surface area contributed by atoms with Gasteiger partial charge < -0.3 is 21.7 Å². The molecule has 0 aliphatic carbocycles. The largest absolute Gasteiger partial charge is 0.506 e. The lowest BCUT2D eigenvalue weighted by molar-refractivity contribution is -0.288. The molecule has 2 aromatic rings. The smallest absolute Gasteiger partial charge is 0.411 e. The molecule has 0 radical (unpaired) electrons. The molecule has 136 valence electrons.